The highest BCUT2D eigenvalue weighted by molar-refractivity contribution is 5.90. The van der Waals surface area contributed by atoms with Gasteiger partial charge in [-0.15, -0.1) is 0 Å². The molecule has 32 heavy (non-hydrogen) atoms. The Balaban J connectivity index is 1.65. The number of methoxy groups -OCH3 is 1. The zero-order valence-electron chi connectivity index (χ0n) is 19.4. The molecule has 1 saturated carbocycles. The molecule has 2 aromatic rings. The standard InChI is InChI=1S/C24H31N3O5/c1-14-19(26-10-8-16(13-26)25-23(30)32-24(2,3)4)9-11-27-20(14)17(15-6-7-15)12-18(21(27)28)22(29)31-5/h9,11-12,15-16H,6-8,10,13H2,1-5H3,(H,25,30). The Bertz CT molecular complexity index is 1130. The minimum atomic E-state index is -0.608. The Hall–Kier alpha value is -3.03. The summed E-state index contributed by atoms with van der Waals surface area (Å²) in [4.78, 5) is 39.5. The third-order valence-electron chi connectivity index (χ3n) is 6.06. The van der Waals surface area contributed by atoms with Crippen LogP contribution in [-0.2, 0) is 9.47 Å². The molecule has 172 valence electrons. The first-order valence-corrected chi connectivity index (χ1v) is 11.1. The summed E-state index contributed by atoms with van der Waals surface area (Å²) in [5.41, 5.74) is 3.09. The smallest absolute Gasteiger partial charge is 0.407 e. The molecule has 2 aromatic heterocycles. The summed E-state index contributed by atoms with van der Waals surface area (Å²) >= 11 is 0. The second kappa shape index (κ2) is 8.15. The molecular weight excluding hydrogens is 410 g/mol. The third-order valence-corrected chi connectivity index (χ3v) is 6.06. The highest BCUT2D eigenvalue weighted by Crippen LogP contribution is 2.43. The Kier molecular flexibility index (Phi) is 5.65. The molecule has 1 saturated heterocycles. The highest BCUT2D eigenvalue weighted by atomic mass is 16.6. The molecule has 2 fully saturated rings. The molecule has 4 rings (SSSR count). The number of alkyl carbamates (subject to hydrolysis) is 1. The van der Waals surface area contributed by atoms with Gasteiger partial charge in [-0.2, -0.15) is 0 Å². The van der Waals surface area contributed by atoms with Gasteiger partial charge in [0.2, 0.25) is 0 Å². The van der Waals surface area contributed by atoms with Crippen molar-refractivity contribution in [3.05, 3.63) is 45.4 Å². The van der Waals surface area contributed by atoms with Crippen LogP contribution >= 0.6 is 0 Å². The number of ether oxygens (including phenoxy) is 2. The summed E-state index contributed by atoms with van der Waals surface area (Å²) in [6, 6.07) is 3.62. The van der Waals surface area contributed by atoms with Crippen LogP contribution in [0.5, 0.6) is 0 Å². The molecule has 1 unspecified atom stereocenters. The minimum absolute atomic E-state index is 0.00716. The van der Waals surface area contributed by atoms with E-state index in [9.17, 15) is 14.4 Å². The van der Waals surface area contributed by atoms with Crippen LogP contribution < -0.4 is 15.8 Å². The maximum atomic E-state index is 13.0. The van der Waals surface area contributed by atoms with Crippen LogP contribution in [0.3, 0.4) is 0 Å². The first-order valence-electron chi connectivity index (χ1n) is 11.1. The fourth-order valence-corrected chi connectivity index (χ4v) is 4.46. The number of amides is 1. The topological polar surface area (TPSA) is 89.3 Å². The number of nitrogens with one attached hydrogen (secondary N) is 1. The first-order chi connectivity index (χ1) is 15.1. The zero-order chi connectivity index (χ0) is 23.2. The van der Waals surface area contributed by atoms with Crippen molar-refractivity contribution >= 4 is 23.3 Å². The van der Waals surface area contributed by atoms with Gasteiger partial charge < -0.3 is 19.7 Å². The quantitative estimate of drug-likeness (QED) is 0.732. The monoisotopic (exact) mass is 441 g/mol. The van der Waals surface area contributed by atoms with E-state index in [0.29, 0.717) is 12.5 Å². The van der Waals surface area contributed by atoms with Gasteiger partial charge in [-0.3, -0.25) is 9.20 Å². The van der Waals surface area contributed by atoms with E-state index in [1.54, 1.807) is 16.7 Å². The van der Waals surface area contributed by atoms with Crippen LogP contribution in [0.15, 0.2) is 23.1 Å². The summed E-state index contributed by atoms with van der Waals surface area (Å²) in [6.45, 7) is 9.01. The number of hydrogen-bond donors (Lipinski definition) is 1. The Labute approximate surface area is 187 Å². The molecule has 1 amide bonds. The maximum Gasteiger partial charge on any atom is 0.407 e. The van der Waals surface area contributed by atoms with Crippen molar-refractivity contribution < 1.29 is 19.1 Å². The number of carbonyl (C=O) groups excluding carboxylic acids is 2. The van der Waals surface area contributed by atoms with E-state index >= 15 is 0 Å². The molecule has 1 atom stereocenters. The lowest BCUT2D eigenvalue weighted by atomic mass is 10.0. The summed E-state index contributed by atoms with van der Waals surface area (Å²) in [6.07, 6.45) is 4.24. The number of pyridine rings is 2. The van der Waals surface area contributed by atoms with E-state index in [0.717, 1.165) is 48.1 Å². The largest absolute Gasteiger partial charge is 0.465 e. The molecule has 0 spiro atoms. The number of anilines is 1. The molecule has 0 radical (unpaired) electrons. The molecule has 3 heterocycles. The van der Waals surface area contributed by atoms with Gasteiger partial charge >= 0.3 is 12.1 Å². The third kappa shape index (κ3) is 4.31. The molecule has 2 aliphatic rings. The SMILES string of the molecule is COC(=O)c1cc(C2CC2)c2c(C)c(N3CCC(NC(=O)OC(C)(C)C)C3)ccn2c1=O. The van der Waals surface area contributed by atoms with Gasteiger partial charge in [0.25, 0.3) is 5.56 Å². The Morgan fingerprint density at radius 2 is 1.91 bits per heavy atom. The molecule has 8 heteroatoms. The van der Waals surface area contributed by atoms with Crippen LogP contribution in [-0.4, -0.2) is 48.3 Å². The maximum absolute atomic E-state index is 13.0. The number of rotatable bonds is 4. The van der Waals surface area contributed by atoms with Gasteiger partial charge in [0.15, 0.2) is 0 Å². The average Bonchev–Trinajstić information content (AvgIpc) is 3.46. The number of hydrogen-bond acceptors (Lipinski definition) is 6. The predicted molar refractivity (Wildman–Crippen MR) is 122 cm³/mol. The summed E-state index contributed by atoms with van der Waals surface area (Å²) in [7, 11) is 1.29. The molecule has 0 bridgehead atoms. The summed E-state index contributed by atoms with van der Waals surface area (Å²) in [5, 5.41) is 2.96. The highest BCUT2D eigenvalue weighted by Gasteiger charge is 2.31. The van der Waals surface area contributed by atoms with E-state index in [4.69, 9.17) is 9.47 Å². The molecular formula is C24H31N3O5. The van der Waals surface area contributed by atoms with E-state index in [2.05, 4.69) is 10.2 Å². The fraction of sp³-hybridized carbons (Fsp3) is 0.542. The molecule has 0 aromatic carbocycles. The lowest BCUT2D eigenvalue weighted by Crippen LogP contribution is -2.40. The summed E-state index contributed by atoms with van der Waals surface area (Å²) < 4.78 is 11.8. The summed E-state index contributed by atoms with van der Waals surface area (Å²) in [5.74, 6) is -0.258. The van der Waals surface area contributed by atoms with Crippen molar-refractivity contribution in [2.45, 2.75) is 64.5 Å². The lowest BCUT2D eigenvalue weighted by Gasteiger charge is -2.24. The van der Waals surface area contributed by atoms with Crippen LogP contribution in [0.1, 0.15) is 67.4 Å². The second-order valence-electron chi connectivity index (χ2n) is 9.71. The minimum Gasteiger partial charge on any atom is -0.465 e. The van der Waals surface area contributed by atoms with E-state index in [1.165, 1.54) is 7.11 Å². The number of aryl methyl sites for hydroxylation is 1. The van der Waals surface area contributed by atoms with Crippen LogP contribution in [0.4, 0.5) is 10.5 Å². The van der Waals surface area contributed by atoms with Crippen LogP contribution in [0.25, 0.3) is 5.52 Å². The van der Waals surface area contributed by atoms with Crippen LogP contribution in [0.2, 0.25) is 0 Å². The van der Waals surface area contributed by atoms with Crippen molar-refractivity contribution in [3.8, 4) is 0 Å². The van der Waals surface area contributed by atoms with E-state index in [-0.39, 0.29) is 17.2 Å². The van der Waals surface area contributed by atoms with Gasteiger partial charge in [0, 0.05) is 25.0 Å². The van der Waals surface area contributed by atoms with E-state index in [1.807, 2.05) is 33.8 Å². The van der Waals surface area contributed by atoms with E-state index < -0.39 is 17.7 Å². The van der Waals surface area contributed by atoms with Crippen molar-refractivity contribution in [2.75, 3.05) is 25.1 Å². The van der Waals surface area contributed by atoms with Gasteiger partial charge in [-0.25, -0.2) is 9.59 Å². The van der Waals surface area contributed by atoms with Gasteiger partial charge in [-0.05, 0) is 76.1 Å². The van der Waals surface area contributed by atoms with Crippen molar-refractivity contribution in [3.63, 3.8) is 0 Å². The number of nitrogens with zero attached hydrogens (tertiary/aromatic N) is 2. The van der Waals surface area contributed by atoms with Crippen molar-refractivity contribution in [1.29, 1.82) is 0 Å². The van der Waals surface area contributed by atoms with Gasteiger partial charge in [0.05, 0.1) is 18.7 Å². The number of fused-ring (bicyclic) bond motifs is 1. The molecule has 1 aliphatic heterocycles. The van der Waals surface area contributed by atoms with Gasteiger partial charge in [-0.1, -0.05) is 0 Å². The fourth-order valence-electron chi connectivity index (χ4n) is 4.46. The molecule has 1 N–H and O–H groups in total. The molecule has 1 aliphatic carbocycles. The van der Waals surface area contributed by atoms with Crippen molar-refractivity contribution in [1.82, 2.24) is 9.72 Å². The average molecular weight is 442 g/mol. The predicted octanol–water partition coefficient (Wildman–Crippen LogP) is 3.38. The number of esters is 1. The normalized spacial score (nSPS) is 18.7. The zero-order valence-corrected chi connectivity index (χ0v) is 19.4. The van der Waals surface area contributed by atoms with Gasteiger partial charge in [0.1, 0.15) is 11.2 Å². The first kappa shape index (κ1) is 22.2. The number of aromatic nitrogens is 1. The Morgan fingerprint density at radius 1 is 1.19 bits per heavy atom. The number of carbonyl (C=O) groups is 2. The molecule has 8 nitrogen and oxygen atoms in total. The lowest BCUT2D eigenvalue weighted by molar-refractivity contribution is 0.0508. The second-order valence-corrected chi connectivity index (χ2v) is 9.71. The van der Waals surface area contributed by atoms with Crippen molar-refractivity contribution in [2.24, 2.45) is 0 Å². The van der Waals surface area contributed by atoms with Crippen LogP contribution in [0, 0.1) is 6.92 Å². The Morgan fingerprint density at radius 3 is 2.53 bits per heavy atom.